The number of nitro benzene ring substituents is 1. The van der Waals surface area contributed by atoms with Crippen molar-refractivity contribution in [2.75, 3.05) is 5.32 Å². The summed E-state index contributed by atoms with van der Waals surface area (Å²) in [6.45, 7) is 0.394. The zero-order valence-electron chi connectivity index (χ0n) is 9.57. The van der Waals surface area contributed by atoms with E-state index in [1.54, 1.807) is 6.07 Å². The van der Waals surface area contributed by atoms with Crippen LogP contribution in [0.4, 0.5) is 11.7 Å². The summed E-state index contributed by atoms with van der Waals surface area (Å²) in [5.74, 6) is 0. The van der Waals surface area contributed by atoms with E-state index in [0.717, 1.165) is 0 Å². The smallest absolute Gasteiger partial charge is 0.296 e. The van der Waals surface area contributed by atoms with Gasteiger partial charge in [0.05, 0.1) is 11.5 Å². The quantitative estimate of drug-likeness (QED) is 0.566. The van der Waals surface area contributed by atoms with Gasteiger partial charge in [0.15, 0.2) is 5.58 Å². The number of hydrogen-bond acceptors (Lipinski definition) is 7. The topological polar surface area (TPSA) is 107 Å². The third-order valence-corrected chi connectivity index (χ3v) is 2.49. The van der Waals surface area contributed by atoms with Crippen LogP contribution in [0.3, 0.4) is 0 Å². The van der Waals surface area contributed by atoms with E-state index < -0.39 is 4.92 Å². The second-order valence-electron chi connectivity index (χ2n) is 3.77. The molecule has 0 radical (unpaired) electrons. The third-order valence-electron chi connectivity index (χ3n) is 2.49. The van der Waals surface area contributed by atoms with Crippen molar-refractivity contribution in [2.45, 2.75) is 6.54 Å². The molecule has 0 aliphatic carbocycles. The normalized spacial score (nSPS) is 10.7. The summed E-state index contributed by atoms with van der Waals surface area (Å²) in [7, 11) is 0. The van der Waals surface area contributed by atoms with Crippen LogP contribution >= 0.6 is 0 Å². The fourth-order valence-corrected chi connectivity index (χ4v) is 1.60. The first-order valence-electron chi connectivity index (χ1n) is 5.40. The molecular weight excluding hydrogens is 252 g/mol. The minimum Gasteiger partial charge on any atom is -0.424 e. The summed E-state index contributed by atoms with van der Waals surface area (Å²) in [6.07, 6.45) is 1.46. The molecule has 8 heteroatoms. The number of nitrogens with zero attached hydrogens (tertiary/aromatic N) is 3. The Balaban J connectivity index is 1.83. The van der Waals surface area contributed by atoms with Gasteiger partial charge in [0.2, 0.25) is 0 Å². The molecule has 0 bridgehead atoms. The SMILES string of the molecule is O=[N+]([O-])c1ccc2oc(NCc3ccon3)nc2c1. The van der Waals surface area contributed by atoms with Crippen molar-refractivity contribution in [1.82, 2.24) is 10.1 Å². The molecule has 2 heterocycles. The first-order chi connectivity index (χ1) is 9.22. The van der Waals surface area contributed by atoms with Crippen LogP contribution in [0.1, 0.15) is 5.69 Å². The molecule has 2 aromatic heterocycles. The van der Waals surface area contributed by atoms with Crippen LogP contribution < -0.4 is 5.32 Å². The highest BCUT2D eigenvalue weighted by atomic mass is 16.6. The van der Waals surface area contributed by atoms with Crippen molar-refractivity contribution in [2.24, 2.45) is 0 Å². The third kappa shape index (κ3) is 2.23. The Hall–Kier alpha value is -2.90. The Morgan fingerprint density at radius 2 is 2.26 bits per heavy atom. The monoisotopic (exact) mass is 260 g/mol. The van der Waals surface area contributed by atoms with Gasteiger partial charge in [-0.05, 0) is 6.07 Å². The molecule has 0 saturated carbocycles. The number of fused-ring (bicyclic) bond motifs is 1. The molecule has 8 nitrogen and oxygen atoms in total. The summed E-state index contributed by atoms with van der Waals surface area (Å²) in [6, 6.07) is 6.23. The van der Waals surface area contributed by atoms with Crippen LogP contribution in [0.15, 0.2) is 39.5 Å². The van der Waals surface area contributed by atoms with E-state index in [1.807, 2.05) is 0 Å². The van der Waals surface area contributed by atoms with E-state index in [4.69, 9.17) is 4.42 Å². The average Bonchev–Trinajstić information content (AvgIpc) is 3.04. The second-order valence-corrected chi connectivity index (χ2v) is 3.77. The molecule has 0 amide bonds. The Bertz CT molecular complexity index is 719. The molecule has 96 valence electrons. The maximum absolute atomic E-state index is 10.6. The number of rotatable bonds is 4. The number of anilines is 1. The predicted molar refractivity (Wildman–Crippen MR) is 64.5 cm³/mol. The first kappa shape index (κ1) is 11.2. The van der Waals surface area contributed by atoms with Gasteiger partial charge in [0.25, 0.3) is 11.7 Å². The van der Waals surface area contributed by atoms with Crippen molar-refractivity contribution in [3.63, 3.8) is 0 Å². The number of non-ortho nitro benzene ring substituents is 1. The van der Waals surface area contributed by atoms with Gasteiger partial charge in [0, 0.05) is 18.2 Å². The summed E-state index contributed by atoms with van der Waals surface area (Å²) in [4.78, 5) is 14.3. The summed E-state index contributed by atoms with van der Waals surface area (Å²) in [5, 5.41) is 17.3. The molecule has 1 N–H and O–H groups in total. The molecule has 19 heavy (non-hydrogen) atoms. The van der Waals surface area contributed by atoms with Crippen molar-refractivity contribution in [3.05, 3.63) is 46.3 Å². The Labute approximate surface area is 106 Å². The lowest BCUT2D eigenvalue weighted by molar-refractivity contribution is -0.384. The highest BCUT2D eigenvalue weighted by Gasteiger charge is 2.11. The summed E-state index contributed by atoms with van der Waals surface area (Å²) in [5.41, 5.74) is 1.59. The van der Waals surface area contributed by atoms with Gasteiger partial charge in [-0.2, -0.15) is 4.98 Å². The number of nitro groups is 1. The van der Waals surface area contributed by atoms with Crippen molar-refractivity contribution >= 4 is 22.8 Å². The number of nitrogens with one attached hydrogen (secondary N) is 1. The van der Waals surface area contributed by atoms with E-state index in [9.17, 15) is 10.1 Å². The molecule has 0 aliphatic heterocycles. The van der Waals surface area contributed by atoms with Crippen molar-refractivity contribution < 1.29 is 13.9 Å². The second kappa shape index (κ2) is 4.41. The van der Waals surface area contributed by atoms with E-state index in [0.29, 0.717) is 23.3 Å². The minimum absolute atomic E-state index is 0.0242. The van der Waals surface area contributed by atoms with E-state index in [2.05, 4.69) is 20.0 Å². The molecule has 0 fully saturated rings. The van der Waals surface area contributed by atoms with Gasteiger partial charge >= 0.3 is 0 Å². The summed E-state index contributed by atoms with van der Waals surface area (Å²) < 4.78 is 10.1. The van der Waals surface area contributed by atoms with Crippen LogP contribution in [0.2, 0.25) is 0 Å². The van der Waals surface area contributed by atoms with Gasteiger partial charge < -0.3 is 14.3 Å². The number of benzene rings is 1. The maximum atomic E-state index is 10.6. The minimum atomic E-state index is -0.476. The largest absolute Gasteiger partial charge is 0.424 e. The molecule has 3 rings (SSSR count). The number of aromatic nitrogens is 2. The van der Waals surface area contributed by atoms with Gasteiger partial charge in [0.1, 0.15) is 17.5 Å². The van der Waals surface area contributed by atoms with E-state index in [1.165, 1.54) is 24.5 Å². The highest BCUT2D eigenvalue weighted by molar-refractivity contribution is 5.77. The maximum Gasteiger partial charge on any atom is 0.296 e. The molecular formula is C11H8N4O4. The Morgan fingerprint density at radius 3 is 3.00 bits per heavy atom. The van der Waals surface area contributed by atoms with Crippen LogP contribution in [-0.4, -0.2) is 15.1 Å². The van der Waals surface area contributed by atoms with E-state index >= 15 is 0 Å². The van der Waals surface area contributed by atoms with Crippen LogP contribution in [0.5, 0.6) is 0 Å². The van der Waals surface area contributed by atoms with Crippen molar-refractivity contribution in [1.29, 1.82) is 0 Å². The standard InChI is InChI=1S/C11H8N4O4/c16-15(17)8-1-2-10-9(5-8)13-11(19-10)12-6-7-3-4-18-14-7/h1-5H,6H2,(H,12,13). The number of oxazole rings is 1. The molecule has 1 aromatic carbocycles. The molecule has 0 saturated heterocycles. The lowest BCUT2D eigenvalue weighted by Gasteiger charge is -1.95. The Morgan fingerprint density at radius 1 is 1.37 bits per heavy atom. The zero-order valence-corrected chi connectivity index (χ0v) is 9.57. The molecule has 0 unspecified atom stereocenters. The molecule has 0 spiro atoms. The molecule has 0 aliphatic rings. The van der Waals surface area contributed by atoms with E-state index in [-0.39, 0.29) is 11.7 Å². The average molecular weight is 260 g/mol. The fraction of sp³-hybridized carbons (Fsp3) is 0.0909. The summed E-state index contributed by atoms with van der Waals surface area (Å²) >= 11 is 0. The Kier molecular flexibility index (Phi) is 2.60. The van der Waals surface area contributed by atoms with Crippen LogP contribution in [0.25, 0.3) is 11.1 Å². The highest BCUT2D eigenvalue weighted by Crippen LogP contribution is 2.23. The van der Waals surface area contributed by atoms with Gasteiger partial charge in [-0.1, -0.05) is 5.16 Å². The zero-order chi connectivity index (χ0) is 13.2. The lowest BCUT2D eigenvalue weighted by Crippen LogP contribution is -1.99. The first-order valence-corrected chi connectivity index (χ1v) is 5.40. The lowest BCUT2D eigenvalue weighted by atomic mass is 10.3. The van der Waals surface area contributed by atoms with Crippen LogP contribution in [-0.2, 0) is 6.54 Å². The molecule has 3 aromatic rings. The van der Waals surface area contributed by atoms with Gasteiger partial charge in [-0.25, -0.2) is 0 Å². The fourth-order valence-electron chi connectivity index (χ4n) is 1.60. The van der Waals surface area contributed by atoms with Crippen molar-refractivity contribution in [3.8, 4) is 0 Å². The number of hydrogen-bond donors (Lipinski definition) is 1. The molecule has 0 atom stereocenters. The van der Waals surface area contributed by atoms with Gasteiger partial charge in [-0.3, -0.25) is 10.1 Å². The predicted octanol–water partition coefficient (Wildman–Crippen LogP) is 2.34. The van der Waals surface area contributed by atoms with Crippen LogP contribution in [0, 0.1) is 10.1 Å². The van der Waals surface area contributed by atoms with Gasteiger partial charge in [-0.15, -0.1) is 0 Å².